The first-order chi connectivity index (χ1) is 8.69. The summed E-state index contributed by atoms with van der Waals surface area (Å²) in [6.45, 7) is 2.29. The largest absolute Gasteiger partial charge is 0.321 e. The molecule has 1 aliphatic rings. The molecule has 0 saturated heterocycles. The summed E-state index contributed by atoms with van der Waals surface area (Å²) in [6, 6.07) is 8.63. The highest BCUT2D eigenvalue weighted by Crippen LogP contribution is 2.41. The average molecular weight is 258 g/mol. The van der Waals surface area contributed by atoms with Crippen molar-refractivity contribution in [2.45, 2.75) is 37.6 Å². The first-order valence-corrected chi connectivity index (χ1v) is 7.34. The fourth-order valence-electron chi connectivity index (χ4n) is 2.94. The quantitative estimate of drug-likeness (QED) is 0.896. The van der Waals surface area contributed by atoms with Crippen molar-refractivity contribution in [1.82, 2.24) is 4.98 Å². The summed E-state index contributed by atoms with van der Waals surface area (Å²) in [4.78, 5) is 4.39. The van der Waals surface area contributed by atoms with Gasteiger partial charge in [-0.1, -0.05) is 31.2 Å². The SMILES string of the molecule is CC1CCC(N)(Cc2nccs2)c2ccccc21. The van der Waals surface area contributed by atoms with Gasteiger partial charge in [0.05, 0.1) is 5.01 Å². The Hall–Kier alpha value is -1.19. The molecule has 2 atom stereocenters. The van der Waals surface area contributed by atoms with Crippen LogP contribution in [0.4, 0.5) is 0 Å². The Kier molecular flexibility index (Phi) is 2.96. The second-order valence-electron chi connectivity index (χ2n) is 5.29. The molecule has 2 nitrogen and oxygen atoms in total. The third-order valence-corrected chi connectivity index (χ3v) is 4.78. The van der Waals surface area contributed by atoms with Crippen LogP contribution in [0.2, 0.25) is 0 Å². The van der Waals surface area contributed by atoms with E-state index in [4.69, 9.17) is 5.73 Å². The van der Waals surface area contributed by atoms with Crippen molar-refractivity contribution >= 4 is 11.3 Å². The van der Waals surface area contributed by atoms with Gasteiger partial charge >= 0.3 is 0 Å². The van der Waals surface area contributed by atoms with Gasteiger partial charge in [-0.3, -0.25) is 0 Å². The monoisotopic (exact) mass is 258 g/mol. The molecule has 0 amide bonds. The average Bonchev–Trinajstić information content (AvgIpc) is 2.87. The van der Waals surface area contributed by atoms with E-state index in [1.54, 1.807) is 11.3 Å². The van der Waals surface area contributed by atoms with Crippen LogP contribution in [0.3, 0.4) is 0 Å². The molecule has 3 rings (SSSR count). The highest BCUT2D eigenvalue weighted by molar-refractivity contribution is 7.09. The molecule has 0 bridgehead atoms. The molecule has 0 radical (unpaired) electrons. The second-order valence-corrected chi connectivity index (χ2v) is 6.26. The Morgan fingerprint density at radius 3 is 3.06 bits per heavy atom. The lowest BCUT2D eigenvalue weighted by molar-refractivity contribution is 0.348. The van der Waals surface area contributed by atoms with E-state index in [2.05, 4.69) is 36.2 Å². The van der Waals surface area contributed by atoms with Crippen LogP contribution in [0, 0.1) is 0 Å². The number of fused-ring (bicyclic) bond motifs is 1. The zero-order chi connectivity index (χ0) is 12.6. The maximum atomic E-state index is 6.69. The third-order valence-electron chi connectivity index (χ3n) is 4.00. The Bertz CT molecular complexity index is 535. The molecule has 1 heterocycles. The summed E-state index contributed by atoms with van der Waals surface area (Å²) in [5.41, 5.74) is 9.19. The Morgan fingerprint density at radius 2 is 2.28 bits per heavy atom. The predicted molar refractivity (Wildman–Crippen MR) is 75.8 cm³/mol. The highest BCUT2D eigenvalue weighted by Gasteiger charge is 2.35. The highest BCUT2D eigenvalue weighted by atomic mass is 32.1. The second kappa shape index (κ2) is 4.48. The number of nitrogens with zero attached hydrogens (tertiary/aromatic N) is 1. The van der Waals surface area contributed by atoms with Gasteiger partial charge in [0.25, 0.3) is 0 Å². The van der Waals surface area contributed by atoms with Gasteiger partial charge in [-0.05, 0) is 29.9 Å². The Labute approximate surface area is 112 Å². The Balaban J connectivity index is 2.00. The lowest BCUT2D eigenvalue weighted by Crippen LogP contribution is -2.42. The lowest BCUT2D eigenvalue weighted by atomic mass is 9.71. The maximum absolute atomic E-state index is 6.69. The van der Waals surface area contributed by atoms with E-state index in [1.807, 2.05) is 11.6 Å². The van der Waals surface area contributed by atoms with Gasteiger partial charge in [-0.15, -0.1) is 11.3 Å². The number of thiazole rings is 1. The van der Waals surface area contributed by atoms with Crippen molar-refractivity contribution < 1.29 is 0 Å². The summed E-state index contributed by atoms with van der Waals surface area (Å²) in [5, 5.41) is 3.16. The summed E-state index contributed by atoms with van der Waals surface area (Å²) >= 11 is 1.70. The summed E-state index contributed by atoms with van der Waals surface area (Å²) in [7, 11) is 0. The summed E-state index contributed by atoms with van der Waals surface area (Å²) in [6.07, 6.45) is 4.93. The van der Waals surface area contributed by atoms with Gasteiger partial charge in [0.2, 0.25) is 0 Å². The van der Waals surface area contributed by atoms with Crippen molar-refractivity contribution in [1.29, 1.82) is 0 Å². The maximum Gasteiger partial charge on any atom is 0.0946 e. The normalized spacial score (nSPS) is 26.9. The molecule has 18 heavy (non-hydrogen) atoms. The fourth-order valence-corrected chi connectivity index (χ4v) is 3.68. The van der Waals surface area contributed by atoms with E-state index in [9.17, 15) is 0 Å². The van der Waals surface area contributed by atoms with Gasteiger partial charge in [-0.2, -0.15) is 0 Å². The van der Waals surface area contributed by atoms with Crippen LogP contribution in [-0.4, -0.2) is 4.98 Å². The topological polar surface area (TPSA) is 38.9 Å². The number of benzene rings is 1. The van der Waals surface area contributed by atoms with Gasteiger partial charge < -0.3 is 5.73 Å². The van der Waals surface area contributed by atoms with Crippen LogP contribution in [-0.2, 0) is 12.0 Å². The van der Waals surface area contributed by atoms with E-state index in [0.717, 1.165) is 17.8 Å². The molecule has 0 saturated carbocycles. The van der Waals surface area contributed by atoms with Crippen LogP contribution in [0.5, 0.6) is 0 Å². The smallest absolute Gasteiger partial charge is 0.0946 e. The number of hydrogen-bond donors (Lipinski definition) is 1. The summed E-state index contributed by atoms with van der Waals surface area (Å²) < 4.78 is 0. The number of nitrogens with two attached hydrogens (primary N) is 1. The van der Waals surface area contributed by atoms with E-state index < -0.39 is 0 Å². The van der Waals surface area contributed by atoms with Crippen molar-refractivity contribution in [2.24, 2.45) is 5.73 Å². The van der Waals surface area contributed by atoms with Crippen LogP contribution in [0.1, 0.15) is 41.8 Å². The lowest BCUT2D eigenvalue weighted by Gasteiger charge is -2.38. The van der Waals surface area contributed by atoms with Crippen LogP contribution < -0.4 is 5.73 Å². The molecule has 2 N–H and O–H groups in total. The van der Waals surface area contributed by atoms with Crippen LogP contribution >= 0.6 is 11.3 Å². The predicted octanol–water partition coefficient (Wildman–Crippen LogP) is 3.44. The van der Waals surface area contributed by atoms with E-state index in [1.165, 1.54) is 17.5 Å². The minimum absolute atomic E-state index is 0.235. The van der Waals surface area contributed by atoms with Crippen molar-refractivity contribution in [2.75, 3.05) is 0 Å². The molecule has 2 unspecified atom stereocenters. The zero-order valence-corrected chi connectivity index (χ0v) is 11.4. The van der Waals surface area contributed by atoms with Gasteiger partial charge in [0.15, 0.2) is 0 Å². The molecule has 1 aliphatic carbocycles. The first-order valence-electron chi connectivity index (χ1n) is 6.46. The Morgan fingerprint density at radius 1 is 1.44 bits per heavy atom. The standard InChI is InChI=1S/C15H18N2S/c1-11-6-7-15(16,10-14-17-8-9-18-14)13-5-3-2-4-12(11)13/h2-5,8-9,11H,6-7,10,16H2,1H3. The molecular weight excluding hydrogens is 240 g/mol. The fraction of sp³-hybridized carbons (Fsp3) is 0.400. The molecule has 0 aliphatic heterocycles. The van der Waals surface area contributed by atoms with Gasteiger partial charge in [0.1, 0.15) is 0 Å². The molecule has 2 aromatic rings. The first kappa shape index (κ1) is 11.9. The number of rotatable bonds is 2. The molecule has 3 heteroatoms. The molecule has 1 aromatic carbocycles. The van der Waals surface area contributed by atoms with Crippen molar-refractivity contribution in [3.63, 3.8) is 0 Å². The van der Waals surface area contributed by atoms with Crippen LogP contribution in [0.15, 0.2) is 35.8 Å². The minimum Gasteiger partial charge on any atom is -0.321 e. The molecule has 1 aromatic heterocycles. The van der Waals surface area contributed by atoms with Gasteiger partial charge in [-0.25, -0.2) is 4.98 Å². The number of hydrogen-bond acceptors (Lipinski definition) is 3. The zero-order valence-electron chi connectivity index (χ0n) is 10.6. The third kappa shape index (κ3) is 1.98. The van der Waals surface area contributed by atoms with Gasteiger partial charge in [0, 0.05) is 23.5 Å². The van der Waals surface area contributed by atoms with E-state index in [-0.39, 0.29) is 5.54 Å². The van der Waals surface area contributed by atoms with E-state index >= 15 is 0 Å². The molecule has 94 valence electrons. The van der Waals surface area contributed by atoms with E-state index in [0.29, 0.717) is 5.92 Å². The molecular formula is C15H18N2S. The minimum atomic E-state index is -0.235. The van der Waals surface area contributed by atoms with Crippen molar-refractivity contribution in [3.05, 3.63) is 52.0 Å². The van der Waals surface area contributed by atoms with Crippen molar-refractivity contribution in [3.8, 4) is 0 Å². The molecule has 0 fully saturated rings. The molecule has 0 spiro atoms. The number of aromatic nitrogens is 1. The summed E-state index contributed by atoms with van der Waals surface area (Å²) in [5.74, 6) is 0.620. The van der Waals surface area contributed by atoms with Crippen LogP contribution in [0.25, 0.3) is 0 Å².